The van der Waals surface area contributed by atoms with Crippen molar-refractivity contribution in [2.75, 3.05) is 6.61 Å². The van der Waals surface area contributed by atoms with Crippen LogP contribution in [0.4, 0.5) is 5.82 Å². The largest absolute Gasteiger partial charge is 0.473 e. The van der Waals surface area contributed by atoms with Crippen LogP contribution in [-0.4, -0.2) is 31.7 Å². The first-order chi connectivity index (χ1) is 16.2. The van der Waals surface area contributed by atoms with Gasteiger partial charge in [0.15, 0.2) is 5.90 Å². The minimum Gasteiger partial charge on any atom is -0.473 e. The minimum atomic E-state index is -0.483. The average Bonchev–Trinajstić information content (AvgIpc) is 3.23. The molecule has 0 saturated carbocycles. The van der Waals surface area contributed by atoms with Crippen LogP contribution in [0, 0.1) is 19.8 Å². The van der Waals surface area contributed by atoms with E-state index in [2.05, 4.69) is 9.98 Å². The summed E-state index contributed by atoms with van der Waals surface area (Å²) in [4.78, 5) is 35.8. The van der Waals surface area contributed by atoms with Crippen LogP contribution in [-0.2, 0) is 31.4 Å². The molecular formula is C24H29ClN4O4S. The van der Waals surface area contributed by atoms with Gasteiger partial charge in [-0.05, 0) is 44.4 Å². The van der Waals surface area contributed by atoms with Gasteiger partial charge in [0.1, 0.15) is 17.4 Å². The van der Waals surface area contributed by atoms with Crippen molar-refractivity contribution in [3.05, 3.63) is 77.3 Å². The fourth-order valence-electron chi connectivity index (χ4n) is 3.55. The van der Waals surface area contributed by atoms with E-state index in [1.807, 2.05) is 38.1 Å². The summed E-state index contributed by atoms with van der Waals surface area (Å²) in [6.07, 6.45) is 2.74. The van der Waals surface area contributed by atoms with E-state index in [1.165, 1.54) is 15.9 Å². The molecule has 8 nitrogen and oxygen atoms in total. The Kier molecular flexibility index (Phi) is 8.82. The van der Waals surface area contributed by atoms with Crippen LogP contribution in [0.3, 0.4) is 0 Å². The van der Waals surface area contributed by atoms with Crippen molar-refractivity contribution >= 4 is 34.7 Å². The SMILES string of the molecule is Cc1cnc(COC(=Nc2c(C)c(=O)n(CCCO)c(=O)n2C)C(C)Cc2ccc(Cl)cc2)s1. The number of hydrogen-bond donors (Lipinski definition) is 1. The van der Waals surface area contributed by atoms with Gasteiger partial charge >= 0.3 is 5.69 Å². The van der Waals surface area contributed by atoms with Crippen LogP contribution in [0.2, 0.25) is 5.02 Å². The minimum absolute atomic E-state index is 0.106. The molecule has 0 radical (unpaired) electrons. The number of benzene rings is 1. The second kappa shape index (κ2) is 11.6. The van der Waals surface area contributed by atoms with Crippen molar-refractivity contribution in [2.45, 2.75) is 46.8 Å². The first-order valence-corrected chi connectivity index (χ1v) is 12.2. The predicted octanol–water partition coefficient (Wildman–Crippen LogP) is 3.78. The highest BCUT2D eigenvalue weighted by Gasteiger charge is 2.19. The van der Waals surface area contributed by atoms with Crippen LogP contribution in [0.15, 0.2) is 45.0 Å². The molecule has 3 rings (SSSR count). The Labute approximate surface area is 207 Å². The van der Waals surface area contributed by atoms with Crippen LogP contribution < -0.4 is 11.2 Å². The maximum Gasteiger partial charge on any atom is 0.332 e. The number of aliphatic imine (C=N–C) groups is 1. The van der Waals surface area contributed by atoms with Crippen LogP contribution >= 0.6 is 22.9 Å². The zero-order valence-electron chi connectivity index (χ0n) is 19.7. The van der Waals surface area contributed by atoms with E-state index in [1.54, 1.807) is 20.2 Å². The number of aliphatic hydroxyl groups excluding tert-OH is 1. The summed E-state index contributed by atoms with van der Waals surface area (Å²) >= 11 is 7.55. The highest BCUT2D eigenvalue weighted by atomic mass is 35.5. The number of rotatable bonds is 9. The molecule has 3 aromatic rings. The number of thiazole rings is 1. The number of halogens is 1. The van der Waals surface area contributed by atoms with Gasteiger partial charge in [0, 0.05) is 42.2 Å². The number of aromatic nitrogens is 3. The fourth-order valence-corrected chi connectivity index (χ4v) is 4.37. The van der Waals surface area contributed by atoms with E-state index in [9.17, 15) is 9.59 Å². The molecule has 1 aromatic carbocycles. The summed E-state index contributed by atoms with van der Waals surface area (Å²) in [5, 5.41) is 10.6. The van der Waals surface area contributed by atoms with Crippen LogP contribution in [0.5, 0.6) is 0 Å². The van der Waals surface area contributed by atoms with Crippen molar-refractivity contribution in [1.82, 2.24) is 14.1 Å². The molecule has 0 aliphatic carbocycles. The molecule has 0 fully saturated rings. The van der Waals surface area contributed by atoms with Gasteiger partial charge in [-0.1, -0.05) is 30.7 Å². The number of nitrogens with zero attached hydrogens (tertiary/aromatic N) is 4. The fraction of sp³-hybridized carbons (Fsp3) is 0.417. The van der Waals surface area contributed by atoms with Crippen molar-refractivity contribution in [3.8, 4) is 0 Å². The highest BCUT2D eigenvalue weighted by molar-refractivity contribution is 7.11. The number of ether oxygens (including phenoxy) is 1. The van der Waals surface area contributed by atoms with Gasteiger partial charge in [0.25, 0.3) is 5.56 Å². The lowest BCUT2D eigenvalue weighted by Gasteiger charge is -2.18. The number of aliphatic hydroxyl groups is 1. The molecule has 0 aliphatic rings. The maximum atomic E-state index is 12.9. The van der Waals surface area contributed by atoms with Gasteiger partial charge in [-0.15, -0.1) is 11.3 Å². The molecule has 1 N–H and O–H groups in total. The lowest BCUT2D eigenvalue weighted by Crippen LogP contribution is -2.40. The zero-order chi connectivity index (χ0) is 24.8. The van der Waals surface area contributed by atoms with E-state index in [4.69, 9.17) is 21.4 Å². The Morgan fingerprint density at radius 1 is 1.26 bits per heavy atom. The molecule has 0 bridgehead atoms. The molecule has 0 spiro atoms. The van der Waals surface area contributed by atoms with Gasteiger partial charge in [0.05, 0.1) is 5.56 Å². The summed E-state index contributed by atoms with van der Waals surface area (Å²) < 4.78 is 8.58. The molecule has 1 unspecified atom stereocenters. The third-order valence-corrected chi connectivity index (χ3v) is 6.52. The molecule has 2 aromatic heterocycles. The van der Waals surface area contributed by atoms with E-state index < -0.39 is 11.2 Å². The third kappa shape index (κ3) is 6.22. The monoisotopic (exact) mass is 504 g/mol. The quantitative estimate of drug-likeness (QED) is 0.353. The van der Waals surface area contributed by atoms with Crippen molar-refractivity contribution in [1.29, 1.82) is 0 Å². The van der Waals surface area contributed by atoms with Gasteiger partial charge in [-0.2, -0.15) is 4.99 Å². The van der Waals surface area contributed by atoms with E-state index >= 15 is 0 Å². The molecule has 0 amide bonds. The summed E-state index contributed by atoms with van der Waals surface area (Å²) in [5.41, 5.74) is 0.492. The van der Waals surface area contributed by atoms with Crippen LogP contribution in [0.25, 0.3) is 0 Å². The molecule has 10 heteroatoms. The van der Waals surface area contributed by atoms with Crippen LogP contribution in [0.1, 0.15) is 34.4 Å². The Morgan fingerprint density at radius 2 is 1.97 bits per heavy atom. The summed E-state index contributed by atoms with van der Waals surface area (Å²) in [6.45, 7) is 5.88. The highest BCUT2D eigenvalue weighted by Crippen LogP contribution is 2.21. The summed E-state index contributed by atoms with van der Waals surface area (Å²) in [7, 11) is 1.58. The van der Waals surface area contributed by atoms with Gasteiger partial charge < -0.3 is 9.84 Å². The third-order valence-electron chi connectivity index (χ3n) is 5.38. The molecule has 0 saturated heterocycles. The normalized spacial score (nSPS) is 12.7. The summed E-state index contributed by atoms with van der Waals surface area (Å²) in [6, 6.07) is 7.56. The van der Waals surface area contributed by atoms with Gasteiger partial charge in [-0.3, -0.25) is 13.9 Å². The average molecular weight is 505 g/mol. The van der Waals surface area contributed by atoms with Crippen molar-refractivity contribution < 1.29 is 9.84 Å². The first-order valence-electron chi connectivity index (χ1n) is 11.0. The molecule has 34 heavy (non-hydrogen) atoms. The van der Waals surface area contributed by atoms with Crippen molar-refractivity contribution in [2.24, 2.45) is 18.0 Å². The molecule has 1 atom stereocenters. The first kappa shape index (κ1) is 25.9. The summed E-state index contributed by atoms with van der Waals surface area (Å²) in [5.74, 6) is 0.519. The second-order valence-electron chi connectivity index (χ2n) is 8.16. The topological polar surface area (TPSA) is 98.7 Å². The van der Waals surface area contributed by atoms with E-state index in [0.717, 1.165) is 20.0 Å². The lowest BCUT2D eigenvalue weighted by atomic mass is 10.0. The lowest BCUT2D eigenvalue weighted by molar-refractivity contribution is 0.270. The molecule has 182 valence electrons. The predicted molar refractivity (Wildman–Crippen MR) is 135 cm³/mol. The molecule has 0 aliphatic heterocycles. The van der Waals surface area contributed by atoms with E-state index in [0.29, 0.717) is 29.3 Å². The Hall–Kier alpha value is -2.75. The zero-order valence-corrected chi connectivity index (χ0v) is 21.3. The molecular weight excluding hydrogens is 476 g/mol. The Bertz CT molecular complexity index is 1240. The maximum absolute atomic E-state index is 12.9. The Morgan fingerprint density at radius 3 is 2.59 bits per heavy atom. The van der Waals surface area contributed by atoms with Crippen molar-refractivity contribution in [3.63, 3.8) is 0 Å². The standard InChI is InChI=1S/C24H29ClN4O4S/c1-15(12-18-6-8-19(25)9-7-18)22(33-14-20-26-13-16(2)34-20)27-21-17(3)23(31)29(10-5-11-30)24(32)28(21)4/h6-9,13,15,30H,5,10-12,14H2,1-4H3. The van der Waals surface area contributed by atoms with Gasteiger partial charge in [0.2, 0.25) is 0 Å². The second-order valence-corrected chi connectivity index (χ2v) is 9.91. The van der Waals surface area contributed by atoms with Gasteiger partial charge in [-0.25, -0.2) is 9.78 Å². The number of aryl methyl sites for hydroxylation is 1. The smallest absolute Gasteiger partial charge is 0.332 e. The molecule has 2 heterocycles. The number of hydrogen-bond acceptors (Lipinski definition) is 7. The Balaban J connectivity index is 2.00. The van der Waals surface area contributed by atoms with E-state index in [-0.39, 0.29) is 31.5 Å².